The van der Waals surface area contributed by atoms with E-state index in [0.29, 0.717) is 0 Å². The van der Waals surface area contributed by atoms with Gasteiger partial charge in [0.25, 0.3) is 0 Å². The zero-order valence-electron chi connectivity index (χ0n) is 17.2. The molecule has 2 aliphatic carbocycles. The smallest absolute Gasteiger partial charge is 0.243 e. The Bertz CT molecular complexity index is 988. The molecule has 2 aromatic rings. The maximum absolute atomic E-state index is 13.1. The summed E-state index contributed by atoms with van der Waals surface area (Å²) in [5.74, 6) is -0.219. The standard InChI is InChI=1S/C22H31N3O3S/c1-25(15-22(26)23-16-8-4-2-3-5-9-16)29(27,28)17-12-13-21-19(14-17)18-10-6-7-11-20(18)24-21/h12-14,16,24H,2-11,15H2,1H3,(H,23,26). The minimum atomic E-state index is -3.72. The summed E-state index contributed by atoms with van der Waals surface area (Å²) < 4.78 is 27.3. The van der Waals surface area contributed by atoms with Crippen molar-refractivity contribution in [1.29, 1.82) is 0 Å². The third-order valence-corrected chi connectivity index (χ3v) is 8.16. The van der Waals surface area contributed by atoms with E-state index in [4.69, 9.17) is 0 Å². The number of hydrogen-bond donors (Lipinski definition) is 2. The molecule has 1 heterocycles. The number of aromatic nitrogens is 1. The summed E-state index contributed by atoms with van der Waals surface area (Å²) in [5, 5.41) is 4.03. The molecule has 158 valence electrons. The van der Waals surface area contributed by atoms with Gasteiger partial charge in [0.05, 0.1) is 11.4 Å². The Morgan fingerprint density at radius 1 is 1.10 bits per heavy atom. The fourth-order valence-corrected chi connectivity index (χ4v) is 5.86. The molecule has 0 saturated heterocycles. The SMILES string of the molecule is CN(CC(=O)NC1CCCCCC1)S(=O)(=O)c1ccc2[nH]c3c(c2c1)CCCC3. The van der Waals surface area contributed by atoms with Gasteiger partial charge in [-0.15, -0.1) is 0 Å². The van der Waals surface area contributed by atoms with Crippen molar-refractivity contribution in [3.05, 3.63) is 29.5 Å². The Morgan fingerprint density at radius 2 is 1.83 bits per heavy atom. The first-order valence-corrected chi connectivity index (χ1v) is 12.3. The lowest BCUT2D eigenvalue weighted by Crippen LogP contribution is -2.42. The molecule has 0 radical (unpaired) electrons. The molecule has 0 spiro atoms. The van der Waals surface area contributed by atoms with Crippen molar-refractivity contribution in [2.75, 3.05) is 13.6 Å². The van der Waals surface area contributed by atoms with Gasteiger partial charge in [-0.25, -0.2) is 8.42 Å². The molecule has 1 saturated carbocycles. The number of carbonyl (C=O) groups is 1. The predicted molar refractivity (Wildman–Crippen MR) is 114 cm³/mol. The van der Waals surface area contributed by atoms with Crippen molar-refractivity contribution in [1.82, 2.24) is 14.6 Å². The molecule has 0 aliphatic heterocycles. The first-order chi connectivity index (χ1) is 13.9. The van der Waals surface area contributed by atoms with E-state index in [1.165, 1.54) is 41.9 Å². The average Bonchev–Trinajstić information content (AvgIpc) is 2.88. The maximum atomic E-state index is 13.1. The molecule has 0 bridgehead atoms. The number of likely N-dealkylation sites (N-methyl/N-ethyl adjacent to an activating group) is 1. The van der Waals surface area contributed by atoms with E-state index < -0.39 is 10.0 Å². The number of fused-ring (bicyclic) bond motifs is 3. The van der Waals surface area contributed by atoms with Gasteiger partial charge in [0.15, 0.2) is 0 Å². The molecule has 1 aromatic carbocycles. The van der Waals surface area contributed by atoms with E-state index in [1.807, 2.05) is 6.07 Å². The Hall–Kier alpha value is -1.86. The van der Waals surface area contributed by atoms with Gasteiger partial charge in [0, 0.05) is 29.7 Å². The number of hydrogen-bond acceptors (Lipinski definition) is 3. The number of amides is 1. The molecular weight excluding hydrogens is 386 g/mol. The summed E-state index contributed by atoms with van der Waals surface area (Å²) in [5.41, 5.74) is 3.47. The molecule has 0 unspecified atom stereocenters. The second kappa shape index (κ2) is 8.48. The molecule has 1 fully saturated rings. The number of sulfonamides is 1. The highest BCUT2D eigenvalue weighted by Gasteiger charge is 2.25. The molecule has 1 aromatic heterocycles. The largest absolute Gasteiger partial charge is 0.358 e. The van der Waals surface area contributed by atoms with Crippen LogP contribution in [0.3, 0.4) is 0 Å². The second-order valence-electron chi connectivity index (χ2n) is 8.51. The summed E-state index contributed by atoms with van der Waals surface area (Å²) in [6.45, 7) is -0.151. The number of H-pyrrole nitrogens is 1. The first-order valence-electron chi connectivity index (χ1n) is 10.8. The normalized spacial score (nSPS) is 18.6. The van der Waals surface area contributed by atoms with E-state index in [1.54, 1.807) is 12.1 Å². The van der Waals surface area contributed by atoms with Crippen molar-refractivity contribution in [2.24, 2.45) is 0 Å². The van der Waals surface area contributed by atoms with Gasteiger partial charge in [0.1, 0.15) is 0 Å². The molecule has 7 heteroatoms. The topological polar surface area (TPSA) is 82.3 Å². The maximum Gasteiger partial charge on any atom is 0.243 e. The van der Waals surface area contributed by atoms with Crippen molar-refractivity contribution in [3.63, 3.8) is 0 Å². The third kappa shape index (κ3) is 4.36. The Kier molecular flexibility index (Phi) is 5.97. The van der Waals surface area contributed by atoms with Crippen molar-refractivity contribution >= 4 is 26.8 Å². The zero-order valence-corrected chi connectivity index (χ0v) is 18.0. The van der Waals surface area contributed by atoms with Gasteiger partial charge in [-0.2, -0.15) is 4.31 Å². The fourth-order valence-electron chi connectivity index (χ4n) is 4.71. The van der Waals surface area contributed by atoms with Crippen LogP contribution < -0.4 is 5.32 Å². The van der Waals surface area contributed by atoms with E-state index in [2.05, 4.69) is 10.3 Å². The van der Waals surface area contributed by atoms with Gasteiger partial charge in [0.2, 0.25) is 15.9 Å². The van der Waals surface area contributed by atoms with Crippen LogP contribution in [0.15, 0.2) is 23.1 Å². The van der Waals surface area contributed by atoms with Crippen LogP contribution in [-0.4, -0.2) is 43.2 Å². The van der Waals surface area contributed by atoms with Gasteiger partial charge in [-0.3, -0.25) is 4.79 Å². The lowest BCUT2D eigenvalue weighted by Gasteiger charge is -2.20. The number of carbonyl (C=O) groups excluding carboxylic acids is 1. The molecule has 0 atom stereocenters. The number of benzene rings is 1. The van der Waals surface area contributed by atoms with Crippen LogP contribution in [0.2, 0.25) is 0 Å². The number of nitrogens with one attached hydrogen (secondary N) is 2. The summed E-state index contributed by atoms with van der Waals surface area (Å²) in [7, 11) is -2.23. The van der Waals surface area contributed by atoms with Crippen LogP contribution in [0.4, 0.5) is 0 Å². The quantitative estimate of drug-likeness (QED) is 0.731. The van der Waals surface area contributed by atoms with E-state index >= 15 is 0 Å². The molecular formula is C22H31N3O3S. The molecule has 29 heavy (non-hydrogen) atoms. The highest BCUT2D eigenvalue weighted by atomic mass is 32.2. The number of nitrogens with zero attached hydrogens (tertiary/aromatic N) is 1. The van der Waals surface area contributed by atoms with E-state index in [9.17, 15) is 13.2 Å². The molecule has 4 rings (SSSR count). The second-order valence-corrected chi connectivity index (χ2v) is 10.6. The summed E-state index contributed by atoms with van der Waals surface area (Å²) in [4.78, 5) is 16.1. The highest BCUT2D eigenvalue weighted by molar-refractivity contribution is 7.89. The Morgan fingerprint density at radius 3 is 2.59 bits per heavy atom. The van der Waals surface area contributed by atoms with Gasteiger partial charge in [-0.1, -0.05) is 25.7 Å². The van der Waals surface area contributed by atoms with Crippen LogP contribution in [-0.2, 0) is 27.7 Å². The van der Waals surface area contributed by atoms with E-state index in [-0.39, 0.29) is 23.4 Å². The molecule has 2 aliphatic rings. The molecule has 1 amide bonds. The van der Waals surface area contributed by atoms with E-state index in [0.717, 1.165) is 55.8 Å². The van der Waals surface area contributed by atoms with Crippen molar-refractivity contribution in [2.45, 2.75) is 75.1 Å². The summed E-state index contributed by atoms with van der Waals surface area (Å²) >= 11 is 0. The number of aryl methyl sites for hydroxylation is 2. The molecule has 6 nitrogen and oxygen atoms in total. The summed E-state index contributed by atoms with van der Waals surface area (Å²) in [6.07, 6.45) is 11.0. The average molecular weight is 418 g/mol. The zero-order chi connectivity index (χ0) is 20.4. The van der Waals surface area contributed by atoms with Crippen molar-refractivity contribution in [3.8, 4) is 0 Å². The Labute approximate surface area is 173 Å². The number of aromatic amines is 1. The molecule has 2 N–H and O–H groups in total. The summed E-state index contributed by atoms with van der Waals surface area (Å²) in [6, 6.07) is 5.42. The van der Waals surface area contributed by atoms with Gasteiger partial charge < -0.3 is 10.3 Å². The third-order valence-electron chi connectivity index (χ3n) is 6.36. The van der Waals surface area contributed by atoms with Crippen LogP contribution in [0.1, 0.15) is 62.6 Å². The monoisotopic (exact) mass is 417 g/mol. The predicted octanol–water partition coefficient (Wildman–Crippen LogP) is 3.51. The highest BCUT2D eigenvalue weighted by Crippen LogP contribution is 2.31. The van der Waals surface area contributed by atoms with Crippen molar-refractivity contribution < 1.29 is 13.2 Å². The van der Waals surface area contributed by atoms with Crippen LogP contribution in [0.25, 0.3) is 10.9 Å². The number of rotatable bonds is 5. The first kappa shape index (κ1) is 20.4. The lowest BCUT2D eigenvalue weighted by atomic mass is 9.96. The fraction of sp³-hybridized carbons (Fsp3) is 0.591. The minimum absolute atomic E-state index is 0.151. The Balaban J connectivity index is 1.49. The van der Waals surface area contributed by atoms with Gasteiger partial charge >= 0.3 is 0 Å². The van der Waals surface area contributed by atoms with Crippen LogP contribution in [0, 0.1) is 0 Å². The van der Waals surface area contributed by atoms with Crippen LogP contribution in [0.5, 0.6) is 0 Å². The minimum Gasteiger partial charge on any atom is -0.358 e. The lowest BCUT2D eigenvalue weighted by molar-refractivity contribution is -0.121. The van der Waals surface area contributed by atoms with Gasteiger partial charge in [-0.05, 0) is 62.3 Å². The van der Waals surface area contributed by atoms with Crippen LogP contribution >= 0.6 is 0 Å².